The molecule has 3 heteroatoms. The Hall–Kier alpha value is -3.07. The molecule has 1 atom stereocenters. The molecule has 142 valence electrons. The van der Waals surface area contributed by atoms with Crippen LogP contribution >= 0.6 is 0 Å². The summed E-state index contributed by atoms with van der Waals surface area (Å²) in [7, 11) is 2.12. The Labute approximate surface area is 168 Å². The Morgan fingerprint density at radius 1 is 0.821 bits per heavy atom. The summed E-state index contributed by atoms with van der Waals surface area (Å²) in [6.45, 7) is 8.82. The Kier molecular flexibility index (Phi) is 4.68. The molecule has 0 radical (unpaired) electrons. The number of rotatable bonds is 3. The predicted octanol–water partition coefficient (Wildman–Crippen LogP) is 5.25. The SMILES string of the molecule is Cc1cc(-c2cc(C)cc[n+]2C)c(C)c(N2C=CN(c3ccccc3)[C@H]2C)c1. The summed E-state index contributed by atoms with van der Waals surface area (Å²) in [4.78, 5) is 4.68. The second-order valence-electron chi connectivity index (χ2n) is 7.74. The van der Waals surface area contributed by atoms with Crippen molar-refractivity contribution in [1.29, 1.82) is 0 Å². The van der Waals surface area contributed by atoms with Gasteiger partial charge in [-0.05, 0) is 68.7 Å². The van der Waals surface area contributed by atoms with Gasteiger partial charge in [-0.2, -0.15) is 0 Å². The monoisotopic (exact) mass is 370 g/mol. The first-order valence-electron chi connectivity index (χ1n) is 9.83. The molecule has 0 unspecified atom stereocenters. The number of para-hydroxylation sites is 1. The van der Waals surface area contributed by atoms with Gasteiger partial charge in [-0.3, -0.25) is 0 Å². The lowest BCUT2D eigenvalue weighted by molar-refractivity contribution is -0.660. The van der Waals surface area contributed by atoms with Crippen molar-refractivity contribution in [3.8, 4) is 11.3 Å². The van der Waals surface area contributed by atoms with E-state index in [4.69, 9.17) is 0 Å². The summed E-state index contributed by atoms with van der Waals surface area (Å²) in [6, 6.07) is 19.6. The van der Waals surface area contributed by atoms with Gasteiger partial charge in [-0.1, -0.05) is 18.2 Å². The minimum Gasteiger partial charge on any atom is -0.326 e. The molecule has 0 spiro atoms. The van der Waals surface area contributed by atoms with E-state index >= 15 is 0 Å². The number of benzene rings is 2. The van der Waals surface area contributed by atoms with Crippen molar-refractivity contribution in [3.63, 3.8) is 0 Å². The van der Waals surface area contributed by atoms with E-state index in [1.54, 1.807) is 0 Å². The quantitative estimate of drug-likeness (QED) is 0.583. The van der Waals surface area contributed by atoms with E-state index in [-0.39, 0.29) is 6.17 Å². The molecule has 28 heavy (non-hydrogen) atoms. The smallest absolute Gasteiger partial charge is 0.212 e. The largest absolute Gasteiger partial charge is 0.326 e. The number of hydrogen-bond acceptors (Lipinski definition) is 2. The third-order valence-corrected chi connectivity index (χ3v) is 5.63. The minimum absolute atomic E-state index is 0.224. The third kappa shape index (κ3) is 3.18. The van der Waals surface area contributed by atoms with Crippen molar-refractivity contribution in [2.24, 2.45) is 7.05 Å². The van der Waals surface area contributed by atoms with Gasteiger partial charge in [-0.25, -0.2) is 4.57 Å². The molecule has 0 saturated heterocycles. The molecular formula is C25H28N3+. The Morgan fingerprint density at radius 3 is 2.29 bits per heavy atom. The van der Waals surface area contributed by atoms with E-state index in [1.165, 1.54) is 39.3 Å². The summed E-state index contributed by atoms with van der Waals surface area (Å²) in [5, 5.41) is 0. The van der Waals surface area contributed by atoms with Crippen molar-refractivity contribution < 1.29 is 4.57 Å². The van der Waals surface area contributed by atoms with Crippen molar-refractivity contribution in [2.45, 2.75) is 33.9 Å². The fraction of sp³-hybridized carbons (Fsp3) is 0.240. The summed E-state index contributed by atoms with van der Waals surface area (Å²) in [6.07, 6.45) is 6.73. The van der Waals surface area contributed by atoms with Gasteiger partial charge < -0.3 is 9.80 Å². The lowest BCUT2D eigenvalue weighted by Gasteiger charge is -2.31. The average molecular weight is 371 g/mol. The van der Waals surface area contributed by atoms with E-state index in [9.17, 15) is 0 Å². The van der Waals surface area contributed by atoms with Crippen LogP contribution in [-0.4, -0.2) is 6.17 Å². The van der Waals surface area contributed by atoms with E-state index in [0.29, 0.717) is 0 Å². The Morgan fingerprint density at radius 2 is 1.54 bits per heavy atom. The lowest BCUT2D eigenvalue weighted by Crippen LogP contribution is -2.36. The molecule has 4 rings (SSSR count). The van der Waals surface area contributed by atoms with Crippen LogP contribution in [0, 0.1) is 20.8 Å². The molecule has 0 aliphatic carbocycles. The van der Waals surface area contributed by atoms with Crippen LogP contribution in [0.5, 0.6) is 0 Å². The van der Waals surface area contributed by atoms with Crippen LogP contribution in [0.2, 0.25) is 0 Å². The van der Waals surface area contributed by atoms with Gasteiger partial charge in [-0.15, -0.1) is 0 Å². The normalized spacial score (nSPS) is 16.1. The fourth-order valence-electron chi connectivity index (χ4n) is 4.03. The van der Waals surface area contributed by atoms with Crippen LogP contribution in [0.25, 0.3) is 11.3 Å². The standard InChI is InChI=1S/C25H28N3/c1-18-11-12-26(5)25(16-18)23-15-19(2)17-24(20(23)3)28-14-13-27(21(28)4)22-9-7-6-8-10-22/h6-17,21H,1-5H3/q+1/t21-/m1/s1. The maximum absolute atomic E-state index is 2.37. The highest BCUT2D eigenvalue weighted by molar-refractivity contribution is 5.74. The summed E-state index contributed by atoms with van der Waals surface area (Å²) >= 11 is 0. The topological polar surface area (TPSA) is 10.4 Å². The zero-order chi connectivity index (χ0) is 19.8. The first-order chi connectivity index (χ1) is 13.5. The maximum Gasteiger partial charge on any atom is 0.212 e. The highest BCUT2D eigenvalue weighted by Gasteiger charge is 2.27. The van der Waals surface area contributed by atoms with Crippen LogP contribution in [0.15, 0.2) is 73.2 Å². The first-order valence-corrected chi connectivity index (χ1v) is 9.83. The predicted molar refractivity (Wildman–Crippen MR) is 117 cm³/mol. The molecule has 3 aromatic rings. The highest BCUT2D eigenvalue weighted by atomic mass is 15.4. The Balaban J connectivity index is 1.77. The number of hydrogen-bond donors (Lipinski definition) is 0. The van der Waals surface area contributed by atoms with Crippen molar-refractivity contribution in [2.75, 3.05) is 9.80 Å². The van der Waals surface area contributed by atoms with E-state index in [2.05, 4.69) is 122 Å². The van der Waals surface area contributed by atoms with Gasteiger partial charge in [0.05, 0.1) is 5.56 Å². The summed E-state index contributed by atoms with van der Waals surface area (Å²) in [5.41, 5.74) is 8.87. The molecule has 1 aliphatic heterocycles. The van der Waals surface area contributed by atoms with Gasteiger partial charge in [0, 0.05) is 35.9 Å². The highest BCUT2D eigenvalue weighted by Crippen LogP contribution is 2.35. The molecule has 0 N–H and O–H groups in total. The molecule has 2 heterocycles. The minimum atomic E-state index is 0.224. The van der Waals surface area contributed by atoms with Gasteiger partial charge in [0.15, 0.2) is 6.20 Å². The summed E-state index contributed by atoms with van der Waals surface area (Å²) in [5.74, 6) is 0. The second kappa shape index (κ2) is 7.16. The van der Waals surface area contributed by atoms with Gasteiger partial charge in [0.1, 0.15) is 13.2 Å². The lowest BCUT2D eigenvalue weighted by atomic mass is 9.98. The van der Waals surface area contributed by atoms with Crippen molar-refractivity contribution in [1.82, 2.24) is 0 Å². The number of nitrogens with zero attached hydrogens (tertiary/aromatic N) is 3. The number of anilines is 2. The molecule has 1 aliphatic rings. The van der Waals surface area contributed by atoms with Gasteiger partial charge in [0.2, 0.25) is 5.69 Å². The molecule has 1 aromatic heterocycles. The number of aromatic nitrogens is 1. The molecule has 3 nitrogen and oxygen atoms in total. The molecule has 0 bridgehead atoms. The third-order valence-electron chi connectivity index (χ3n) is 5.63. The van der Waals surface area contributed by atoms with E-state index in [1.807, 2.05) is 0 Å². The number of aryl methyl sites for hydroxylation is 3. The zero-order valence-electron chi connectivity index (χ0n) is 17.3. The van der Waals surface area contributed by atoms with Crippen LogP contribution in [0.3, 0.4) is 0 Å². The molecule has 0 amide bonds. The van der Waals surface area contributed by atoms with Crippen LogP contribution in [0.4, 0.5) is 11.4 Å². The molecule has 2 aromatic carbocycles. The fourth-order valence-corrected chi connectivity index (χ4v) is 4.03. The molecule has 0 fully saturated rings. The average Bonchev–Trinajstić information content (AvgIpc) is 3.07. The van der Waals surface area contributed by atoms with Gasteiger partial charge in [0.25, 0.3) is 0 Å². The first kappa shape index (κ1) is 18.3. The zero-order valence-corrected chi connectivity index (χ0v) is 17.3. The maximum atomic E-state index is 2.37. The molecule has 0 saturated carbocycles. The summed E-state index contributed by atoms with van der Waals surface area (Å²) < 4.78 is 2.21. The Bertz CT molecular complexity index is 1040. The van der Waals surface area contributed by atoms with Crippen LogP contribution < -0.4 is 14.4 Å². The van der Waals surface area contributed by atoms with Crippen molar-refractivity contribution >= 4 is 11.4 Å². The van der Waals surface area contributed by atoms with E-state index in [0.717, 1.165) is 0 Å². The number of pyridine rings is 1. The van der Waals surface area contributed by atoms with Gasteiger partial charge >= 0.3 is 0 Å². The second-order valence-corrected chi connectivity index (χ2v) is 7.74. The van der Waals surface area contributed by atoms with E-state index < -0.39 is 0 Å². The molecular weight excluding hydrogens is 342 g/mol. The van der Waals surface area contributed by atoms with Crippen LogP contribution in [-0.2, 0) is 7.05 Å². The van der Waals surface area contributed by atoms with Crippen molar-refractivity contribution in [3.05, 3.63) is 89.9 Å². The van der Waals surface area contributed by atoms with Crippen LogP contribution in [0.1, 0.15) is 23.6 Å².